The molecule has 0 atom stereocenters. The van der Waals surface area contributed by atoms with Crippen LogP contribution in [0.3, 0.4) is 0 Å². The third-order valence-electron chi connectivity index (χ3n) is 1.49. The summed E-state index contributed by atoms with van der Waals surface area (Å²) in [7, 11) is 0. The minimum absolute atomic E-state index is 0.198. The molecule has 74 valence electrons. The molecule has 0 heterocycles. The Morgan fingerprint density at radius 1 is 1.57 bits per heavy atom. The number of ether oxygens (including phenoxy) is 1. The fourth-order valence-corrected chi connectivity index (χ4v) is 0.930. The van der Waals surface area contributed by atoms with Crippen molar-refractivity contribution in [2.24, 2.45) is 10.9 Å². The number of para-hydroxylation sites is 1. The van der Waals surface area contributed by atoms with Crippen LogP contribution in [0.5, 0.6) is 5.75 Å². The van der Waals surface area contributed by atoms with Gasteiger partial charge < -0.3 is 15.7 Å². The van der Waals surface area contributed by atoms with Crippen molar-refractivity contribution in [3.8, 4) is 5.75 Å². The smallest absolute Gasteiger partial charge is 0.255 e. The van der Waals surface area contributed by atoms with Crippen LogP contribution in [0.1, 0.15) is 5.56 Å². The van der Waals surface area contributed by atoms with Crippen molar-refractivity contribution in [2.75, 3.05) is 6.61 Å². The van der Waals surface area contributed by atoms with Crippen LogP contribution in [0, 0.1) is 0 Å². The summed E-state index contributed by atoms with van der Waals surface area (Å²) in [5, 5.41) is 11.2. The molecule has 0 radical (unpaired) electrons. The highest BCUT2D eigenvalue weighted by Crippen LogP contribution is 2.15. The van der Waals surface area contributed by atoms with E-state index in [1.54, 1.807) is 24.3 Å². The minimum atomic E-state index is -0.555. The number of nitrogens with two attached hydrogens (primary N) is 1. The van der Waals surface area contributed by atoms with Gasteiger partial charge in [0.2, 0.25) is 0 Å². The first-order valence-electron chi connectivity index (χ1n) is 3.91. The fourth-order valence-electron chi connectivity index (χ4n) is 0.930. The zero-order valence-electron chi connectivity index (χ0n) is 7.38. The van der Waals surface area contributed by atoms with Gasteiger partial charge in [-0.25, -0.2) is 0 Å². The normalized spacial score (nSPS) is 10.3. The molecule has 0 spiro atoms. The van der Waals surface area contributed by atoms with Crippen LogP contribution in [0.2, 0.25) is 0 Å². The molecule has 1 aromatic carbocycles. The van der Waals surface area contributed by atoms with Crippen LogP contribution < -0.4 is 10.5 Å². The van der Waals surface area contributed by atoms with Gasteiger partial charge in [-0.2, -0.15) is 0 Å². The first-order chi connectivity index (χ1) is 6.74. The summed E-state index contributed by atoms with van der Waals surface area (Å²) in [5.74, 6) is -0.107. The lowest BCUT2D eigenvalue weighted by molar-refractivity contribution is -0.119. The molecule has 0 aliphatic heterocycles. The zero-order valence-corrected chi connectivity index (χ0v) is 7.38. The first-order valence-corrected chi connectivity index (χ1v) is 3.91. The van der Waals surface area contributed by atoms with Gasteiger partial charge in [0, 0.05) is 5.56 Å². The van der Waals surface area contributed by atoms with Gasteiger partial charge in [-0.3, -0.25) is 4.79 Å². The Hall–Kier alpha value is -2.04. The lowest BCUT2D eigenvalue weighted by atomic mass is 10.2. The number of primary amides is 1. The maximum Gasteiger partial charge on any atom is 0.255 e. The van der Waals surface area contributed by atoms with E-state index in [0.717, 1.165) is 0 Å². The molecule has 1 rings (SSSR count). The second-order valence-corrected chi connectivity index (χ2v) is 2.54. The third kappa shape index (κ3) is 2.78. The quantitative estimate of drug-likeness (QED) is 0.412. The monoisotopic (exact) mass is 194 g/mol. The van der Waals surface area contributed by atoms with Crippen molar-refractivity contribution in [3.63, 3.8) is 0 Å². The Balaban J connectivity index is 2.79. The summed E-state index contributed by atoms with van der Waals surface area (Å²) in [6.45, 7) is -0.198. The molecule has 5 heteroatoms. The standard InChI is InChI=1S/C9H10N2O3/c10-9(12)6-14-8-4-2-1-3-7(8)5-11-13/h1-5,13H,6H2,(H2,10,12)/b11-5-. The first kappa shape index (κ1) is 10.0. The number of hydrogen-bond acceptors (Lipinski definition) is 4. The van der Waals surface area contributed by atoms with E-state index in [1.165, 1.54) is 6.21 Å². The Kier molecular flexibility index (Phi) is 3.49. The third-order valence-corrected chi connectivity index (χ3v) is 1.49. The van der Waals surface area contributed by atoms with Crippen LogP contribution in [0.4, 0.5) is 0 Å². The number of carbonyl (C=O) groups excluding carboxylic acids is 1. The van der Waals surface area contributed by atoms with Gasteiger partial charge in [-0.1, -0.05) is 17.3 Å². The highest BCUT2D eigenvalue weighted by molar-refractivity contribution is 5.83. The van der Waals surface area contributed by atoms with Gasteiger partial charge in [-0.15, -0.1) is 0 Å². The van der Waals surface area contributed by atoms with Gasteiger partial charge in [0.15, 0.2) is 6.61 Å². The van der Waals surface area contributed by atoms with Gasteiger partial charge in [0.05, 0.1) is 6.21 Å². The van der Waals surface area contributed by atoms with Crippen LogP contribution in [0.25, 0.3) is 0 Å². The van der Waals surface area contributed by atoms with Gasteiger partial charge in [0.1, 0.15) is 5.75 Å². The van der Waals surface area contributed by atoms with Crippen molar-refractivity contribution in [1.82, 2.24) is 0 Å². The summed E-state index contributed by atoms with van der Waals surface area (Å²) in [4.78, 5) is 10.5. The molecule has 0 saturated carbocycles. The number of rotatable bonds is 4. The van der Waals surface area contributed by atoms with E-state index in [9.17, 15) is 4.79 Å². The van der Waals surface area contributed by atoms with Crippen molar-refractivity contribution in [2.45, 2.75) is 0 Å². The molecule has 0 bridgehead atoms. The molecular weight excluding hydrogens is 184 g/mol. The predicted molar refractivity (Wildman–Crippen MR) is 50.5 cm³/mol. The molecule has 0 aromatic heterocycles. The number of hydrogen-bond donors (Lipinski definition) is 2. The van der Waals surface area contributed by atoms with E-state index in [1.807, 2.05) is 0 Å². The molecule has 14 heavy (non-hydrogen) atoms. The minimum Gasteiger partial charge on any atom is -0.483 e. The van der Waals surface area contributed by atoms with Crippen LogP contribution in [-0.2, 0) is 4.79 Å². The highest BCUT2D eigenvalue weighted by atomic mass is 16.5. The summed E-state index contributed by atoms with van der Waals surface area (Å²) >= 11 is 0. The number of oxime groups is 1. The van der Waals surface area contributed by atoms with Crippen molar-refractivity contribution < 1.29 is 14.7 Å². The van der Waals surface area contributed by atoms with Crippen LogP contribution >= 0.6 is 0 Å². The highest BCUT2D eigenvalue weighted by Gasteiger charge is 2.01. The maximum atomic E-state index is 10.5. The SMILES string of the molecule is NC(=O)COc1ccccc1/C=N\O. The van der Waals surface area contributed by atoms with E-state index in [0.29, 0.717) is 11.3 Å². The van der Waals surface area contributed by atoms with Gasteiger partial charge in [0.25, 0.3) is 5.91 Å². The average Bonchev–Trinajstić information content (AvgIpc) is 2.17. The molecule has 0 saturated heterocycles. The molecule has 1 aromatic rings. The summed E-state index contributed by atoms with van der Waals surface area (Å²) in [5.41, 5.74) is 5.50. The summed E-state index contributed by atoms with van der Waals surface area (Å²) < 4.78 is 5.07. The van der Waals surface area contributed by atoms with Gasteiger partial charge in [-0.05, 0) is 12.1 Å². The molecule has 0 aliphatic rings. The molecule has 1 amide bonds. The Morgan fingerprint density at radius 2 is 2.29 bits per heavy atom. The van der Waals surface area contributed by atoms with Crippen molar-refractivity contribution >= 4 is 12.1 Å². The van der Waals surface area contributed by atoms with Gasteiger partial charge >= 0.3 is 0 Å². The Bertz CT molecular complexity index is 350. The van der Waals surface area contributed by atoms with E-state index in [2.05, 4.69) is 5.16 Å². The Morgan fingerprint density at radius 3 is 2.93 bits per heavy atom. The second kappa shape index (κ2) is 4.86. The Labute approximate surface area is 80.8 Å². The van der Waals surface area contributed by atoms with E-state index < -0.39 is 5.91 Å². The topological polar surface area (TPSA) is 84.9 Å². The predicted octanol–water partition coefficient (Wildman–Crippen LogP) is 0.359. The lowest BCUT2D eigenvalue weighted by Gasteiger charge is -2.05. The summed E-state index contributed by atoms with van der Waals surface area (Å²) in [6, 6.07) is 6.84. The molecule has 0 fully saturated rings. The molecule has 5 nitrogen and oxygen atoms in total. The largest absolute Gasteiger partial charge is 0.483 e. The van der Waals surface area contributed by atoms with E-state index in [-0.39, 0.29) is 6.61 Å². The number of amides is 1. The van der Waals surface area contributed by atoms with Crippen molar-refractivity contribution in [1.29, 1.82) is 0 Å². The van der Waals surface area contributed by atoms with Crippen LogP contribution in [0.15, 0.2) is 29.4 Å². The molecule has 0 unspecified atom stereocenters. The number of benzene rings is 1. The van der Waals surface area contributed by atoms with E-state index >= 15 is 0 Å². The fraction of sp³-hybridized carbons (Fsp3) is 0.111. The zero-order chi connectivity index (χ0) is 10.4. The number of carbonyl (C=O) groups is 1. The van der Waals surface area contributed by atoms with Crippen LogP contribution in [-0.4, -0.2) is 23.9 Å². The molecule has 0 aliphatic carbocycles. The van der Waals surface area contributed by atoms with Crippen molar-refractivity contribution in [3.05, 3.63) is 29.8 Å². The average molecular weight is 194 g/mol. The summed E-state index contributed by atoms with van der Waals surface area (Å²) in [6.07, 6.45) is 1.22. The molecular formula is C9H10N2O3. The maximum absolute atomic E-state index is 10.5. The van der Waals surface area contributed by atoms with E-state index in [4.69, 9.17) is 15.7 Å². The molecule has 3 N–H and O–H groups in total. The number of nitrogens with zero attached hydrogens (tertiary/aromatic N) is 1. The second-order valence-electron chi connectivity index (χ2n) is 2.54. The lowest BCUT2D eigenvalue weighted by Crippen LogP contribution is -2.20.